The van der Waals surface area contributed by atoms with E-state index in [1.54, 1.807) is 18.3 Å². The van der Waals surface area contributed by atoms with Gasteiger partial charge in [0.1, 0.15) is 0 Å². The maximum atomic E-state index is 12.2. The molecule has 0 aromatic carbocycles. The topological polar surface area (TPSA) is 110 Å². The van der Waals surface area contributed by atoms with Gasteiger partial charge in [-0.1, -0.05) is 5.16 Å². The van der Waals surface area contributed by atoms with Crippen LogP contribution in [-0.4, -0.2) is 26.9 Å². The van der Waals surface area contributed by atoms with Gasteiger partial charge in [0.2, 0.25) is 17.7 Å². The summed E-state index contributed by atoms with van der Waals surface area (Å²) in [5.41, 5.74) is 0.862. The number of carbonyl (C=O) groups is 2. The third-order valence-corrected chi connectivity index (χ3v) is 5.79. The van der Waals surface area contributed by atoms with Gasteiger partial charge in [-0.15, -0.1) is 22.7 Å². The molecule has 148 valence electrons. The van der Waals surface area contributed by atoms with Crippen molar-refractivity contribution < 1.29 is 14.1 Å². The first-order chi connectivity index (χ1) is 13.4. The number of aryl methyl sites for hydroxylation is 3. The summed E-state index contributed by atoms with van der Waals surface area (Å²) in [5, 5.41) is 9.96. The maximum Gasteiger partial charge on any atom is 0.226 e. The van der Waals surface area contributed by atoms with Crippen molar-refractivity contribution >= 4 is 39.6 Å². The lowest BCUT2D eigenvalue weighted by Crippen LogP contribution is -2.17. The molecule has 0 saturated carbocycles. The van der Waals surface area contributed by atoms with E-state index in [9.17, 15) is 9.59 Å². The lowest BCUT2D eigenvalue weighted by atomic mass is 10.2. The average molecular weight is 420 g/mol. The summed E-state index contributed by atoms with van der Waals surface area (Å²) in [5.74, 6) is 0.998. The highest BCUT2D eigenvalue weighted by Crippen LogP contribution is 2.34. The quantitative estimate of drug-likeness (QED) is 0.578. The Kier molecular flexibility index (Phi) is 6.53. The molecule has 0 aliphatic carbocycles. The molecule has 8 nitrogen and oxygen atoms in total. The number of hydrogen-bond donors (Lipinski definition) is 2. The van der Waals surface area contributed by atoms with Crippen LogP contribution < -0.4 is 10.6 Å². The zero-order valence-corrected chi connectivity index (χ0v) is 17.5. The summed E-state index contributed by atoms with van der Waals surface area (Å²) in [4.78, 5) is 35.0. The summed E-state index contributed by atoms with van der Waals surface area (Å²) in [6.45, 7) is 5.75. The summed E-state index contributed by atoms with van der Waals surface area (Å²) < 4.78 is 5.04. The number of hydrogen-bond acceptors (Lipinski definition) is 8. The summed E-state index contributed by atoms with van der Waals surface area (Å²) in [7, 11) is 0. The van der Waals surface area contributed by atoms with E-state index in [0.717, 1.165) is 20.3 Å². The molecule has 0 bridgehead atoms. The van der Waals surface area contributed by atoms with Crippen LogP contribution in [0.25, 0.3) is 10.6 Å². The lowest BCUT2D eigenvalue weighted by Gasteiger charge is -2.00. The van der Waals surface area contributed by atoms with Gasteiger partial charge < -0.3 is 15.2 Å². The third-order valence-electron chi connectivity index (χ3n) is 3.81. The Morgan fingerprint density at radius 3 is 2.71 bits per heavy atom. The van der Waals surface area contributed by atoms with E-state index in [1.165, 1.54) is 18.3 Å². The van der Waals surface area contributed by atoms with Crippen LogP contribution in [0.15, 0.2) is 16.7 Å². The molecule has 0 aliphatic rings. The van der Waals surface area contributed by atoms with Crippen LogP contribution in [0.2, 0.25) is 0 Å². The van der Waals surface area contributed by atoms with Crippen molar-refractivity contribution in [2.45, 2.75) is 46.6 Å². The van der Waals surface area contributed by atoms with Gasteiger partial charge in [-0.25, -0.2) is 4.98 Å². The molecule has 0 spiro atoms. The molecule has 0 saturated heterocycles. The van der Waals surface area contributed by atoms with Crippen LogP contribution >= 0.6 is 22.7 Å². The van der Waals surface area contributed by atoms with Crippen molar-refractivity contribution in [2.24, 2.45) is 0 Å². The van der Waals surface area contributed by atoms with Crippen molar-refractivity contribution in [1.82, 2.24) is 20.4 Å². The second-order valence-corrected chi connectivity index (χ2v) is 8.61. The Balaban J connectivity index is 1.54. The van der Waals surface area contributed by atoms with Crippen molar-refractivity contribution in [3.8, 4) is 10.6 Å². The molecule has 28 heavy (non-hydrogen) atoms. The van der Waals surface area contributed by atoms with Crippen LogP contribution in [0.1, 0.15) is 41.2 Å². The molecule has 10 heteroatoms. The predicted octanol–water partition coefficient (Wildman–Crippen LogP) is 3.47. The highest BCUT2D eigenvalue weighted by Gasteiger charge is 2.14. The smallest absolute Gasteiger partial charge is 0.226 e. The molecule has 2 N–H and O–H groups in total. The van der Waals surface area contributed by atoms with Gasteiger partial charge >= 0.3 is 0 Å². The Hall–Kier alpha value is -2.59. The van der Waals surface area contributed by atoms with Crippen molar-refractivity contribution in [1.29, 1.82) is 0 Å². The van der Waals surface area contributed by atoms with Gasteiger partial charge in [-0.2, -0.15) is 4.98 Å². The minimum Gasteiger partial charge on any atom is -0.351 e. The Labute approximate surface area is 170 Å². The molecule has 3 aromatic heterocycles. The molecular weight excluding hydrogens is 398 g/mol. The predicted molar refractivity (Wildman–Crippen MR) is 108 cm³/mol. The summed E-state index contributed by atoms with van der Waals surface area (Å²) in [6.07, 6.45) is 1.56. The summed E-state index contributed by atoms with van der Waals surface area (Å²) >= 11 is 3.03. The Morgan fingerprint density at radius 2 is 2.00 bits per heavy atom. The fourth-order valence-corrected chi connectivity index (χ4v) is 4.42. The fraction of sp³-hybridized carbons (Fsp3) is 0.389. The second kappa shape index (κ2) is 9.07. The van der Waals surface area contributed by atoms with Crippen molar-refractivity contribution in [3.63, 3.8) is 0 Å². The third kappa shape index (κ3) is 5.46. The first-order valence-electron chi connectivity index (χ1n) is 8.80. The van der Waals surface area contributed by atoms with E-state index in [4.69, 9.17) is 4.52 Å². The highest BCUT2D eigenvalue weighted by molar-refractivity contribution is 7.18. The number of nitrogens with zero attached hydrogens (tertiary/aromatic N) is 3. The Morgan fingerprint density at radius 1 is 1.18 bits per heavy atom. The van der Waals surface area contributed by atoms with E-state index in [2.05, 4.69) is 25.8 Å². The van der Waals surface area contributed by atoms with E-state index >= 15 is 0 Å². The standard InChI is InChI=1S/C18H21N5O3S2/c1-10-17(14-8-7-13(28-14)9-19-12(3)24)22-18(27-10)21-15(25)5-4-6-16-20-11(2)23-26-16/h7-8H,4-6,9H2,1-3H3,(H,19,24)(H,21,22,25). The Bertz CT molecular complexity index is 976. The van der Waals surface area contributed by atoms with Crippen molar-refractivity contribution in [3.05, 3.63) is 33.6 Å². The molecule has 0 atom stereocenters. The minimum atomic E-state index is -0.0888. The number of carbonyl (C=O) groups excluding carboxylic acids is 2. The van der Waals surface area contributed by atoms with Crippen molar-refractivity contribution in [2.75, 3.05) is 5.32 Å². The molecular formula is C18H21N5O3S2. The first-order valence-corrected chi connectivity index (χ1v) is 10.4. The molecule has 0 radical (unpaired) electrons. The van der Waals surface area contributed by atoms with Crippen LogP contribution in [-0.2, 0) is 22.6 Å². The SMILES string of the molecule is CC(=O)NCc1ccc(-c2nc(NC(=O)CCCc3nc(C)no3)sc2C)s1. The molecule has 0 unspecified atom stereocenters. The number of thiazole rings is 1. The first kappa shape index (κ1) is 20.2. The van der Waals surface area contributed by atoms with Crippen LogP contribution in [0, 0.1) is 13.8 Å². The van der Waals surface area contributed by atoms with Gasteiger partial charge in [0.15, 0.2) is 11.0 Å². The van der Waals surface area contributed by atoms with Gasteiger partial charge in [-0.05, 0) is 32.4 Å². The normalized spacial score (nSPS) is 10.8. The number of aromatic nitrogens is 3. The summed E-state index contributed by atoms with van der Waals surface area (Å²) in [6, 6.07) is 3.97. The number of thiophene rings is 1. The molecule has 2 amide bonds. The number of rotatable bonds is 8. The minimum absolute atomic E-state index is 0.0565. The maximum absolute atomic E-state index is 12.2. The molecule has 3 rings (SSSR count). The monoisotopic (exact) mass is 419 g/mol. The van der Waals surface area contributed by atoms with Gasteiger partial charge in [-0.3, -0.25) is 9.59 Å². The van der Waals surface area contributed by atoms with Crippen LogP contribution in [0.3, 0.4) is 0 Å². The van der Waals surface area contributed by atoms with E-state index in [0.29, 0.717) is 42.7 Å². The number of anilines is 1. The van der Waals surface area contributed by atoms with Gasteiger partial charge in [0.05, 0.1) is 17.1 Å². The lowest BCUT2D eigenvalue weighted by molar-refractivity contribution is -0.119. The van der Waals surface area contributed by atoms with Gasteiger partial charge in [0.25, 0.3) is 0 Å². The average Bonchev–Trinajstić information content (AvgIpc) is 3.33. The molecule has 0 fully saturated rings. The zero-order chi connectivity index (χ0) is 20.1. The van der Waals surface area contributed by atoms with E-state index in [-0.39, 0.29) is 11.8 Å². The molecule has 3 heterocycles. The zero-order valence-electron chi connectivity index (χ0n) is 15.9. The second-order valence-electron chi connectivity index (χ2n) is 6.24. The van der Waals surface area contributed by atoms with Crippen LogP contribution in [0.5, 0.6) is 0 Å². The van der Waals surface area contributed by atoms with Crippen LogP contribution in [0.4, 0.5) is 5.13 Å². The number of amides is 2. The molecule has 3 aromatic rings. The van der Waals surface area contributed by atoms with E-state index < -0.39 is 0 Å². The molecule has 0 aliphatic heterocycles. The highest BCUT2D eigenvalue weighted by atomic mass is 32.1. The largest absolute Gasteiger partial charge is 0.351 e. The van der Waals surface area contributed by atoms with Gasteiger partial charge in [0, 0.05) is 29.5 Å². The fourth-order valence-electron chi connectivity index (χ4n) is 2.51. The number of nitrogens with one attached hydrogen (secondary N) is 2. The van der Waals surface area contributed by atoms with E-state index in [1.807, 2.05) is 19.1 Å².